The zero-order chi connectivity index (χ0) is 11.4. The van der Waals surface area contributed by atoms with Crippen LogP contribution in [0.25, 0.3) is 0 Å². The summed E-state index contributed by atoms with van der Waals surface area (Å²) in [6, 6.07) is 5.92. The highest BCUT2D eigenvalue weighted by Crippen LogP contribution is 2.19. The van der Waals surface area contributed by atoms with E-state index < -0.39 is 0 Å². The lowest BCUT2D eigenvalue weighted by molar-refractivity contribution is -0.169. The first-order chi connectivity index (χ1) is 7.77. The van der Waals surface area contributed by atoms with Gasteiger partial charge in [-0.05, 0) is 43.4 Å². The van der Waals surface area contributed by atoms with Gasteiger partial charge >= 0.3 is 0 Å². The summed E-state index contributed by atoms with van der Waals surface area (Å²) in [5, 5.41) is 0. The van der Waals surface area contributed by atoms with E-state index in [1.165, 1.54) is 6.42 Å². The van der Waals surface area contributed by atoms with Gasteiger partial charge in [-0.2, -0.15) is 0 Å². The van der Waals surface area contributed by atoms with Gasteiger partial charge in [0.2, 0.25) is 0 Å². The van der Waals surface area contributed by atoms with E-state index in [0.717, 1.165) is 36.3 Å². The fourth-order valence-corrected chi connectivity index (χ4v) is 1.89. The molecule has 2 N–H and O–H groups in total. The van der Waals surface area contributed by atoms with Crippen molar-refractivity contribution in [2.75, 3.05) is 12.3 Å². The Labute approximate surface area is 96.5 Å². The summed E-state index contributed by atoms with van der Waals surface area (Å²) in [5.74, 6) is 0. The molecule has 0 saturated carbocycles. The number of nitrogen functional groups attached to an aromatic ring is 1. The van der Waals surface area contributed by atoms with Crippen LogP contribution in [0, 0.1) is 6.92 Å². The average Bonchev–Trinajstić information content (AvgIpc) is 2.32. The predicted octanol–water partition coefficient (Wildman–Crippen LogP) is 2.62. The van der Waals surface area contributed by atoms with E-state index in [1.54, 1.807) is 0 Å². The van der Waals surface area contributed by atoms with Crippen molar-refractivity contribution >= 4 is 5.69 Å². The van der Waals surface area contributed by atoms with E-state index >= 15 is 0 Å². The summed E-state index contributed by atoms with van der Waals surface area (Å²) < 4.78 is 11.2. The van der Waals surface area contributed by atoms with Crippen LogP contribution in [0.1, 0.15) is 30.4 Å². The fraction of sp³-hybridized carbons (Fsp3) is 0.538. The van der Waals surface area contributed by atoms with Crippen LogP contribution in [0.2, 0.25) is 0 Å². The molecule has 1 aromatic rings. The molecule has 1 fully saturated rings. The molecule has 88 valence electrons. The maximum atomic E-state index is 5.84. The summed E-state index contributed by atoms with van der Waals surface area (Å²) in [6.45, 7) is 3.43. The second-order valence-electron chi connectivity index (χ2n) is 4.24. The van der Waals surface area contributed by atoms with Crippen molar-refractivity contribution < 1.29 is 9.47 Å². The van der Waals surface area contributed by atoms with Crippen LogP contribution in [0.5, 0.6) is 0 Å². The molecule has 0 spiro atoms. The van der Waals surface area contributed by atoms with E-state index in [1.807, 2.05) is 19.1 Å². The van der Waals surface area contributed by atoms with E-state index in [2.05, 4.69) is 6.07 Å². The third kappa shape index (κ3) is 2.74. The summed E-state index contributed by atoms with van der Waals surface area (Å²) >= 11 is 0. The lowest BCUT2D eigenvalue weighted by Crippen LogP contribution is -2.22. The van der Waals surface area contributed by atoms with Gasteiger partial charge in [-0.25, -0.2) is 0 Å². The topological polar surface area (TPSA) is 44.5 Å². The van der Waals surface area contributed by atoms with Crippen molar-refractivity contribution in [3.8, 4) is 0 Å². The van der Waals surface area contributed by atoms with E-state index in [-0.39, 0.29) is 6.29 Å². The van der Waals surface area contributed by atoms with Gasteiger partial charge in [0.15, 0.2) is 6.29 Å². The molecule has 1 saturated heterocycles. The van der Waals surface area contributed by atoms with E-state index in [9.17, 15) is 0 Å². The minimum atomic E-state index is -0.0328. The minimum Gasteiger partial charge on any atom is -0.399 e. The molecular formula is C13H19NO2. The first kappa shape index (κ1) is 11.4. The number of hydrogen-bond donors (Lipinski definition) is 1. The molecule has 3 heteroatoms. The van der Waals surface area contributed by atoms with E-state index in [4.69, 9.17) is 15.2 Å². The number of benzene rings is 1. The Balaban J connectivity index is 1.91. The molecular weight excluding hydrogens is 202 g/mol. The number of rotatable bonds is 3. The van der Waals surface area contributed by atoms with Crippen molar-refractivity contribution in [2.24, 2.45) is 0 Å². The third-order valence-electron chi connectivity index (χ3n) is 3.05. The standard InChI is InChI=1S/C13H19NO2/c1-10-11(5-4-6-12(10)14)9-16-13-7-2-3-8-15-13/h4-6,13H,2-3,7-9,14H2,1H3. The lowest BCUT2D eigenvalue weighted by atomic mass is 10.1. The summed E-state index contributed by atoms with van der Waals surface area (Å²) in [5.41, 5.74) is 8.92. The molecule has 0 radical (unpaired) electrons. The van der Waals surface area contributed by atoms with Crippen LogP contribution in [-0.4, -0.2) is 12.9 Å². The summed E-state index contributed by atoms with van der Waals surface area (Å²) in [4.78, 5) is 0. The van der Waals surface area contributed by atoms with Crippen LogP contribution in [0.4, 0.5) is 5.69 Å². The number of hydrogen-bond acceptors (Lipinski definition) is 3. The van der Waals surface area contributed by atoms with Crippen LogP contribution in [0.15, 0.2) is 18.2 Å². The summed E-state index contributed by atoms with van der Waals surface area (Å²) in [6.07, 6.45) is 3.31. The molecule has 0 aliphatic carbocycles. The average molecular weight is 221 g/mol. The Morgan fingerprint density at radius 2 is 2.31 bits per heavy atom. The SMILES string of the molecule is Cc1c(N)cccc1COC1CCCCO1. The monoisotopic (exact) mass is 221 g/mol. The second kappa shape index (κ2) is 5.32. The second-order valence-corrected chi connectivity index (χ2v) is 4.24. The maximum absolute atomic E-state index is 5.84. The van der Waals surface area contributed by atoms with Gasteiger partial charge in [-0.1, -0.05) is 12.1 Å². The van der Waals surface area contributed by atoms with Gasteiger partial charge in [0.05, 0.1) is 6.61 Å². The molecule has 2 rings (SSSR count). The smallest absolute Gasteiger partial charge is 0.158 e. The first-order valence-electron chi connectivity index (χ1n) is 5.84. The van der Waals surface area contributed by atoms with Gasteiger partial charge in [0.25, 0.3) is 0 Å². The predicted molar refractivity (Wildman–Crippen MR) is 64.0 cm³/mol. The van der Waals surface area contributed by atoms with Crippen LogP contribution in [0.3, 0.4) is 0 Å². The zero-order valence-corrected chi connectivity index (χ0v) is 9.74. The highest BCUT2D eigenvalue weighted by molar-refractivity contribution is 5.49. The Morgan fingerprint density at radius 3 is 3.06 bits per heavy atom. The molecule has 0 bridgehead atoms. The third-order valence-corrected chi connectivity index (χ3v) is 3.05. The zero-order valence-electron chi connectivity index (χ0n) is 9.74. The van der Waals surface area contributed by atoms with E-state index in [0.29, 0.717) is 6.61 Å². The van der Waals surface area contributed by atoms with Gasteiger partial charge in [0.1, 0.15) is 0 Å². The molecule has 3 nitrogen and oxygen atoms in total. The normalized spacial score (nSPS) is 20.9. The van der Waals surface area contributed by atoms with Crippen molar-refractivity contribution in [3.63, 3.8) is 0 Å². The van der Waals surface area contributed by atoms with Gasteiger partial charge < -0.3 is 15.2 Å². The van der Waals surface area contributed by atoms with Crippen LogP contribution < -0.4 is 5.73 Å². The number of nitrogens with two attached hydrogens (primary N) is 1. The quantitative estimate of drug-likeness (QED) is 0.798. The highest BCUT2D eigenvalue weighted by Gasteiger charge is 2.14. The molecule has 1 aliphatic heterocycles. The number of ether oxygens (including phenoxy) is 2. The first-order valence-corrected chi connectivity index (χ1v) is 5.84. The number of anilines is 1. The van der Waals surface area contributed by atoms with Crippen LogP contribution in [-0.2, 0) is 16.1 Å². The molecule has 1 heterocycles. The highest BCUT2D eigenvalue weighted by atomic mass is 16.7. The molecule has 16 heavy (non-hydrogen) atoms. The Morgan fingerprint density at radius 1 is 1.44 bits per heavy atom. The molecule has 1 atom stereocenters. The van der Waals surface area contributed by atoms with Crippen molar-refractivity contribution in [1.29, 1.82) is 0 Å². The molecule has 0 amide bonds. The van der Waals surface area contributed by atoms with Crippen LogP contribution >= 0.6 is 0 Å². The molecule has 0 aromatic heterocycles. The van der Waals surface area contributed by atoms with Gasteiger partial charge in [-0.3, -0.25) is 0 Å². The molecule has 1 aliphatic rings. The Hall–Kier alpha value is -1.06. The molecule has 1 aromatic carbocycles. The molecule has 1 unspecified atom stereocenters. The summed E-state index contributed by atoms with van der Waals surface area (Å²) in [7, 11) is 0. The largest absolute Gasteiger partial charge is 0.399 e. The Bertz CT molecular complexity index is 346. The minimum absolute atomic E-state index is 0.0328. The van der Waals surface area contributed by atoms with Crippen molar-refractivity contribution in [2.45, 2.75) is 39.1 Å². The maximum Gasteiger partial charge on any atom is 0.158 e. The Kier molecular flexibility index (Phi) is 3.80. The van der Waals surface area contributed by atoms with Crippen molar-refractivity contribution in [3.05, 3.63) is 29.3 Å². The van der Waals surface area contributed by atoms with Gasteiger partial charge in [0, 0.05) is 12.3 Å². The fourth-order valence-electron chi connectivity index (χ4n) is 1.89. The lowest BCUT2D eigenvalue weighted by Gasteiger charge is -2.23. The van der Waals surface area contributed by atoms with Gasteiger partial charge in [-0.15, -0.1) is 0 Å². The van der Waals surface area contributed by atoms with Crippen molar-refractivity contribution in [1.82, 2.24) is 0 Å².